The van der Waals surface area contributed by atoms with Crippen LogP contribution in [0, 0.1) is 12.3 Å². The molecule has 0 saturated heterocycles. The van der Waals surface area contributed by atoms with Gasteiger partial charge in [0.15, 0.2) is 4.80 Å². The number of amides is 1. The third kappa shape index (κ3) is 4.90. The van der Waals surface area contributed by atoms with Crippen molar-refractivity contribution in [2.24, 2.45) is 4.99 Å². The van der Waals surface area contributed by atoms with Crippen LogP contribution in [-0.4, -0.2) is 49.4 Å². The van der Waals surface area contributed by atoms with E-state index in [9.17, 15) is 18.0 Å². The summed E-state index contributed by atoms with van der Waals surface area (Å²) in [4.78, 5) is 29.3. The van der Waals surface area contributed by atoms with E-state index in [0.29, 0.717) is 23.5 Å². The molecule has 0 aliphatic heterocycles. The fourth-order valence-corrected chi connectivity index (χ4v) is 5.81. The molecule has 1 amide bonds. The molecule has 0 N–H and O–H groups in total. The van der Waals surface area contributed by atoms with Gasteiger partial charge in [0.25, 0.3) is 5.91 Å². The summed E-state index contributed by atoms with van der Waals surface area (Å²) in [5.41, 5.74) is 1.35. The molecule has 0 saturated carbocycles. The number of carbonyl (C=O) groups is 2. The highest BCUT2D eigenvalue weighted by molar-refractivity contribution is 7.89. The van der Waals surface area contributed by atoms with Crippen LogP contribution in [0.2, 0.25) is 0 Å². The van der Waals surface area contributed by atoms with E-state index in [-0.39, 0.29) is 17.0 Å². The molecule has 0 aliphatic rings. The van der Waals surface area contributed by atoms with Crippen LogP contribution in [0.1, 0.15) is 34.6 Å². The summed E-state index contributed by atoms with van der Waals surface area (Å²) in [5, 5.41) is 0. The lowest BCUT2D eigenvalue weighted by Crippen LogP contribution is -2.30. The predicted octanol–water partition coefficient (Wildman–Crippen LogP) is 2.89. The number of hydrogen-bond donors (Lipinski definition) is 0. The Morgan fingerprint density at radius 2 is 1.76 bits per heavy atom. The number of methoxy groups -OCH3 is 1. The molecule has 0 radical (unpaired) electrons. The molecule has 0 atom stereocenters. The van der Waals surface area contributed by atoms with Crippen LogP contribution in [0.25, 0.3) is 10.2 Å². The molecule has 3 rings (SSSR count). The lowest BCUT2D eigenvalue weighted by atomic mass is 10.2. The molecule has 172 valence electrons. The van der Waals surface area contributed by atoms with Gasteiger partial charge in [-0.3, -0.25) is 4.79 Å². The maximum Gasteiger partial charge on any atom is 0.337 e. The Kier molecular flexibility index (Phi) is 7.48. The lowest BCUT2D eigenvalue weighted by molar-refractivity contribution is 0.0600. The average molecular weight is 486 g/mol. The Bertz CT molecular complexity index is 1410. The van der Waals surface area contributed by atoms with Crippen molar-refractivity contribution in [2.45, 2.75) is 25.3 Å². The Morgan fingerprint density at radius 3 is 2.33 bits per heavy atom. The molecule has 2 aromatic carbocycles. The van der Waals surface area contributed by atoms with Crippen molar-refractivity contribution >= 4 is 43.5 Å². The predicted molar refractivity (Wildman–Crippen MR) is 126 cm³/mol. The Hall–Kier alpha value is -3.26. The number of ether oxygens (including phenoxy) is 1. The second kappa shape index (κ2) is 10.1. The molecule has 33 heavy (non-hydrogen) atoms. The number of aromatic nitrogens is 1. The first-order chi connectivity index (χ1) is 15.8. The average Bonchev–Trinajstić information content (AvgIpc) is 3.15. The van der Waals surface area contributed by atoms with E-state index >= 15 is 0 Å². The van der Waals surface area contributed by atoms with Crippen molar-refractivity contribution in [3.05, 3.63) is 58.4 Å². The molecule has 1 aromatic heterocycles. The summed E-state index contributed by atoms with van der Waals surface area (Å²) in [6.07, 6.45) is 5.50. The summed E-state index contributed by atoms with van der Waals surface area (Å²) >= 11 is 1.22. The zero-order valence-electron chi connectivity index (χ0n) is 18.4. The van der Waals surface area contributed by atoms with Gasteiger partial charge >= 0.3 is 5.97 Å². The minimum atomic E-state index is -3.62. The number of sulfonamides is 1. The molecule has 10 heteroatoms. The van der Waals surface area contributed by atoms with Crippen LogP contribution < -0.4 is 4.80 Å². The molecule has 1 heterocycles. The number of carbonyl (C=O) groups excluding carboxylic acids is 2. The number of terminal acetylenes is 1. The smallest absolute Gasteiger partial charge is 0.337 e. The lowest BCUT2D eigenvalue weighted by Gasteiger charge is -2.18. The summed E-state index contributed by atoms with van der Waals surface area (Å²) in [7, 11) is -2.31. The molecular weight excluding hydrogens is 462 g/mol. The van der Waals surface area contributed by atoms with Gasteiger partial charge in [-0.2, -0.15) is 9.30 Å². The van der Waals surface area contributed by atoms with Gasteiger partial charge in [0.05, 0.1) is 34.3 Å². The number of fused-ring (bicyclic) bond motifs is 1. The van der Waals surface area contributed by atoms with Gasteiger partial charge in [-0.15, -0.1) is 6.42 Å². The third-order valence-corrected chi connectivity index (χ3v) is 8.10. The van der Waals surface area contributed by atoms with E-state index in [1.54, 1.807) is 36.6 Å². The number of esters is 1. The summed E-state index contributed by atoms with van der Waals surface area (Å²) in [6, 6.07) is 10.7. The SMILES string of the molecule is C#CCn1c(=NC(=O)c2ccc(S(=O)(=O)N(CC)CC)cc2)sc2cc(C(=O)OC)ccc21. The van der Waals surface area contributed by atoms with E-state index < -0.39 is 21.9 Å². The van der Waals surface area contributed by atoms with Crippen LogP contribution in [0.15, 0.2) is 52.4 Å². The van der Waals surface area contributed by atoms with E-state index in [2.05, 4.69) is 10.9 Å². The van der Waals surface area contributed by atoms with Crippen molar-refractivity contribution in [3.8, 4) is 12.3 Å². The molecule has 0 spiro atoms. The Labute approximate surface area is 196 Å². The van der Waals surface area contributed by atoms with Crippen molar-refractivity contribution in [2.75, 3.05) is 20.2 Å². The van der Waals surface area contributed by atoms with Gasteiger partial charge in [-0.1, -0.05) is 31.1 Å². The van der Waals surface area contributed by atoms with Gasteiger partial charge in [0.1, 0.15) is 0 Å². The number of benzene rings is 2. The van der Waals surface area contributed by atoms with Crippen LogP contribution in [0.5, 0.6) is 0 Å². The van der Waals surface area contributed by atoms with Crippen molar-refractivity contribution in [1.82, 2.24) is 8.87 Å². The highest BCUT2D eigenvalue weighted by Crippen LogP contribution is 2.20. The number of rotatable bonds is 7. The van der Waals surface area contributed by atoms with Gasteiger partial charge < -0.3 is 9.30 Å². The van der Waals surface area contributed by atoms with Gasteiger partial charge in [-0.25, -0.2) is 13.2 Å². The molecule has 8 nitrogen and oxygen atoms in total. The third-order valence-electron chi connectivity index (χ3n) is 4.99. The van der Waals surface area contributed by atoms with Gasteiger partial charge in [0, 0.05) is 18.7 Å². The number of thiazole rings is 1. The molecule has 3 aromatic rings. The summed E-state index contributed by atoms with van der Waals surface area (Å²) in [6.45, 7) is 4.43. The zero-order chi connectivity index (χ0) is 24.2. The first-order valence-corrected chi connectivity index (χ1v) is 12.4. The number of hydrogen-bond acceptors (Lipinski definition) is 6. The van der Waals surface area contributed by atoms with E-state index in [0.717, 1.165) is 10.2 Å². The molecule has 0 fully saturated rings. The standard InChI is InChI=1S/C23H23N3O5S2/c1-5-14-26-19-13-10-17(22(28)31-4)15-20(19)32-23(26)24-21(27)16-8-11-18(12-9-16)33(29,30)25(6-2)7-3/h1,8-13,15H,6-7,14H2,2-4H3. The molecule has 0 unspecified atom stereocenters. The van der Waals surface area contributed by atoms with Crippen molar-refractivity contribution in [3.63, 3.8) is 0 Å². The second-order valence-electron chi connectivity index (χ2n) is 6.88. The minimum absolute atomic E-state index is 0.113. The van der Waals surface area contributed by atoms with E-state index in [1.807, 2.05) is 0 Å². The highest BCUT2D eigenvalue weighted by atomic mass is 32.2. The van der Waals surface area contributed by atoms with E-state index in [1.165, 1.54) is 47.0 Å². The summed E-state index contributed by atoms with van der Waals surface area (Å²) in [5.74, 6) is 1.54. The Morgan fingerprint density at radius 1 is 1.12 bits per heavy atom. The topological polar surface area (TPSA) is 98.0 Å². The van der Waals surface area contributed by atoms with Crippen LogP contribution in [0.3, 0.4) is 0 Å². The van der Waals surface area contributed by atoms with Crippen molar-refractivity contribution in [1.29, 1.82) is 0 Å². The van der Waals surface area contributed by atoms with E-state index in [4.69, 9.17) is 11.2 Å². The van der Waals surface area contributed by atoms with Crippen LogP contribution in [-0.2, 0) is 21.3 Å². The highest BCUT2D eigenvalue weighted by Gasteiger charge is 2.21. The first kappa shape index (κ1) is 24.4. The van der Waals surface area contributed by atoms with Crippen molar-refractivity contribution < 1.29 is 22.7 Å². The van der Waals surface area contributed by atoms with Crippen LogP contribution >= 0.6 is 11.3 Å². The molecule has 0 aliphatic carbocycles. The fraction of sp³-hybridized carbons (Fsp3) is 0.261. The quantitative estimate of drug-likeness (QED) is 0.379. The number of nitrogens with zero attached hydrogens (tertiary/aromatic N) is 3. The fourth-order valence-electron chi connectivity index (χ4n) is 3.28. The second-order valence-corrected chi connectivity index (χ2v) is 9.83. The zero-order valence-corrected chi connectivity index (χ0v) is 20.1. The van der Waals surface area contributed by atoms with Crippen LogP contribution in [0.4, 0.5) is 0 Å². The Balaban J connectivity index is 2.01. The largest absolute Gasteiger partial charge is 0.465 e. The normalized spacial score (nSPS) is 12.2. The molecule has 0 bridgehead atoms. The molecular formula is C23H23N3O5S2. The monoisotopic (exact) mass is 485 g/mol. The minimum Gasteiger partial charge on any atom is -0.465 e. The maximum absolute atomic E-state index is 12.8. The maximum atomic E-state index is 12.8. The first-order valence-electron chi connectivity index (χ1n) is 10.1. The van der Waals surface area contributed by atoms with Gasteiger partial charge in [-0.05, 0) is 42.5 Å². The summed E-state index contributed by atoms with van der Waals surface area (Å²) < 4.78 is 33.8. The van der Waals surface area contributed by atoms with Gasteiger partial charge in [0.2, 0.25) is 10.0 Å².